The van der Waals surface area contributed by atoms with E-state index in [4.69, 9.17) is 0 Å². The highest BCUT2D eigenvalue weighted by Crippen LogP contribution is 2.28. The Bertz CT molecular complexity index is 939. The molecule has 0 N–H and O–H groups in total. The summed E-state index contributed by atoms with van der Waals surface area (Å²) in [6.45, 7) is 1.21. The van der Waals surface area contributed by atoms with Crippen LogP contribution in [0.1, 0.15) is 56.4 Å². The Balaban J connectivity index is 1.43. The van der Waals surface area contributed by atoms with E-state index in [1.165, 1.54) is 17.8 Å². The van der Waals surface area contributed by atoms with Gasteiger partial charge in [-0.2, -0.15) is 4.31 Å². The zero-order valence-corrected chi connectivity index (χ0v) is 18.3. The molecule has 1 saturated heterocycles. The number of carbonyl (C=O) groups excluding carboxylic acids is 1. The van der Waals surface area contributed by atoms with Crippen LogP contribution in [0.2, 0.25) is 0 Å². The quantitative estimate of drug-likeness (QED) is 0.665. The van der Waals surface area contributed by atoms with Crippen molar-refractivity contribution in [3.8, 4) is 11.3 Å². The van der Waals surface area contributed by atoms with Gasteiger partial charge in [-0.15, -0.1) is 11.3 Å². The number of carbonyl (C=O) groups is 1. The highest BCUT2D eigenvalue weighted by molar-refractivity contribution is 7.89. The van der Waals surface area contributed by atoms with Crippen molar-refractivity contribution < 1.29 is 13.2 Å². The van der Waals surface area contributed by atoms with E-state index in [1.807, 2.05) is 17.5 Å². The van der Waals surface area contributed by atoms with Gasteiger partial charge >= 0.3 is 0 Å². The third-order valence-corrected chi connectivity index (χ3v) is 8.80. The van der Waals surface area contributed by atoms with Crippen LogP contribution in [0, 0.1) is 5.92 Å². The summed E-state index contributed by atoms with van der Waals surface area (Å²) in [5.74, 6) is 0.518. The van der Waals surface area contributed by atoms with Crippen LogP contribution in [0.3, 0.4) is 0 Å². The molecule has 1 aromatic heterocycles. The summed E-state index contributed by atoms with van der Waals surface area (Å²) in [4.78, 5) is 17.5. The Morgan fingerprint density at radius 1 is 1.00 bits per heavy atom. The number of aromatic nitrogens is 1. The number of piperidine rings is 1. The van der Waals surface area contributed by atoms with Crippen LogP contribution in [-0.4, -0.2) is 36.6 Å². The molecule has 7 heteroatoms. The second kappa shape index (κ2) is 9.06. The molecule has 0 amide bonds. The SMILES string of the molecule is O=C(Cc1nc(-c2ccc(S(=O)(=O)N3CCCCC3)cc2)cs1)C1CCCCC1. The van der Waals surface area contributed by atoms with Crippen LogP contribution in [0.4, 0.5) is 0 Å². The van der Waals surface area contributed by atoms with Gasteiger partial charge in [0, 0.05) is 30.0 Å². The van der Waals surface area contributed by atoms with Crippen molar-refractivity contribution in [1.29, 1.82) is 0 Å². The van der Waals surface area contributed by atoms with Crippen molar-refractivity contribution in [3.63, 3.8) is 0 Å². The molecule has 1 aliphatic heterocycles. The van der Waals surface area contributed by atoms with Crippen LogP contribution in [0.5, 0.6) is 0 Å². The lowest BCUT2D eigenvalue weighted by Crippen LogP contribution is -2.35. The number of Topliss-reactive ketones (excluding diaryl/α,β-unsaturated/α-hetero) is 1. The fourth-order valence-electron chi connectivity index (χ4n) is 4.29. The normalized spacial score (nSPS) is 19.3. The Kier molecular flexibility index (Phi) is 6.47. The molecule has 4 rings (SSSR count). The lowest BCUT2D eigenvalue weighted by Gasteiger charge is -2.25. The highest BCUT2D eigenvalue weighted by atomic mass is 32.2. The molecular formula is C22H28N2O3S2. The van der Waals surface area contributed by atoms with Gasteiger partial charge in [0.05, 0.1) is 17.0 Å². The van der Waals surface area contributed by atoms with E-state index in [2.05, 4.69) is 4.98 Å². The van der Waals surface area contributed by atoms with Gasteiger partial charge in [0.15, 0.2) is 0 Å². The van der Waals surface area contributed by atoms with Crippen LogP contribution in [-0.2, 0) is 21.2 Å². The molecule has 156 valence electrons. The molecule has 1 saturated carbocycles. The van der Waals surface area contributed by atoms with E-state index in [0.717, 1.165) is 61.2 Å². The molecule has 0 bridgehead atoms. The summed E-state index contributed by atoms with van der Waals surface area (Å²) < 4.78 is 27.2. The topological polar surface area (TPSA) is 67.3 Å². The van der Waals surface area contributed by atoms with E-state index in [9.17, 15) is 13.2 Å². The standard InChI is InChI=1S/C22H28N2O3S2/c25-21(18-7-3-1-4-8-18)15-22-23-20(16-28-22)17-9-11-19(12-10-17)29(26,27)24-13-5-2-6-14-24/h9-12,16,18H,1-8,13-15H2. The molecule has 0 spiro atoms. The molecule has 2 fully saturated rings. The minimum absolute atomic E-state index is 0.204. The number of rotatable bonds is 6. The van der Waals surface area contributed by atoms with Gasteiger partial charge in [-0.05, 0) is 37.8 Å². The monoisotopic (exact) mass is 432 g/mol. The van der Waals surface area contributed by atoms with E-state index >= 15 is 0 Å². The molecule has 2 heterocycles. The van der Waals surface area contributed by atoms with Gasteiger partial charge in [0.1, 0.15) is 10.8 Å². The first kappa shape index (κ1) is 20.7. The highest BCUT2D eigenvalue weighted by Gasteiger charge is 2.26. The molecule has 1 aromatic carbocycles. The van der Waals surface area contributed by atoms with Crippen LogP contribution < -0.4 is 0 Å². The number of benzene rings is 1. The zero-order valence-electron chi connectivity index (χ0n) is 16.7. The van der Waals surface area contributed by atoms with E-state index in [1.54, 1.807) is 16.4 Å². The molecule has 1 aliphatic carbocycles. The van der Waals surface area contributed by atoms with Gasteiger partial charge in [-0.1, -0.05) is 37.8 Å². The lowest BCUT2D eigenvalue weighted by atomic mass is 9.85. The molecule has 5 nitrogen and oxygen atoms in total. The molecule has 2 aromatic rings. The first-order valence-electron chi connectivity index (χ1n) is 10.6. The summed E-state index contributed by atoms with van der Waals surface area (Å²) in [5, 5.41) is 2.80. The van der Waals surface area contributed by atoms with E-state index in [0.29, 0.717) is 30.2 Å². The van der Waals surface area contributed by atoms with Crippen LogP contribution >= 0.6 is 11.3 Å². The van der Waals surface area contributed by atoms with Gasteiger partial charge in [0.25, 0.3) is 0 Å². The minimum Gasteiger partial charge on any atom is -0.299 e. The largest absolute Gasteiger partial charge is 0.299 e. The zero-order chi connectivity index (χ0) is 20.3. The number of nitrogens with zero attached hydrogens (tertiary/aromatic N) is 2. The van der Waals surface area contributed by atoms with Crippen molar-refractivity contribution in [3.05, 3.63) is 34.7 Å². The molecule has 0 radical (unpaired) electrons. The van der Waals surface area contributed by atoms with Gasteiger partial charge < -0.3 is 0 Å². The number of sulfonamides is 1. The van der Waals surface area contributed by atoms with E-state index in [-0.39, 0.29) is 5.92 Å². The summed E-state index contributed by atoms with van der Waals surface area (Å²) in [6.07, 6.45) is 8.97. The molecule has 29 heavy (non-hydrogen) atoms. The maximum Gasteiger partial charge on any atom is 0.243 e. The Morgan fingerprint density at radius 3 is 2.34 bits per heavy atom. The van der Waals surface area contributed by atoms with Crippen molar-refractivity contribution in [2.45, 2.75) is 62.7 Å². The molecule has 0 atom stereocenters. The van der Waals surface area contributed by atoms with Crippen molar-refractivity contribution in [2.24, 2.45) is 5.92 Å². The van der Waals surface area contributed by atoms with Gasteiger partial charge in [-0.25, -0.2) is 13.4 Å². The summed E-state index contributed by atoms with van der Waals surface area (Å²) >= 11 is 1.51. The predicted octanol–water partition coefficient (Wildman–Crippen LogP) is 4.68. The number of hydrogen-bond acceptors (Lipinski definition) is 5. The van der Waals surface area contributed by atoms with E-state index < -0.39 is 10.0 Å². The fourth-order valence-corrected chi connectivity index (χ4v) is 6.62. The second-order valence-corrected chi connectivity index (χ2v) is 11.0. The Labute approximate surface area is 177 Å². The van der Waals surface area contributed by atoms with Gasteiger partial charge in [0.2, 0.25) is 10.0 Å². The lowest BCUT2D eigenvalue weighted by molar-refractivity contribution is -0.123. The maximum atomic E-state index is 12.8. The van der Waals surface area contributed by atoms with Crippen LogP contribution in [0.25, 0.3) is 11.3 Å². The third-order valence-electron chi connectivity index (χ3n) is 6.04. The molecule has 0 unspecified atom stereocenters. The Morgan fingerprint density at radius 2 is 1.66 bits per heavy atom. The number of hydrogen-bond donors (Lipinski definition) is 0. The summed E-state index contributed by atoms with van der Waals surface area (Å²) in [7, 11) is -3.41. The number of thiazole rings is 1. The summed E-state index contributed by atoms with van der Waals surface area (Å²) in [6, 6.07) is 6.98. The van der Waals surface area contributed by atoms with Crippen molar-refractivity contribution in [1.82, 2.24) is 9.29 Å². The third kappa shape index (κ3) is 4.78. The average Bonchev–Trinajstić information content (AvgIpc) is 3.23. The van der Waals surface area contributed by atoms with Gasteiger partial charge in [-0.3, -0.25) is 4.79 Å². The predicted molar refractivity (Wildman–Crippen MR) is 115 cm³/mol. The summed E-state index contributed by atoms with van der Waals surface area (Å²) in [5.41, 5.74) is 1.69. The average molecular weight is 433 g/mol. The first-order chi connectivity index (χ1) is 14.0. The minimum atomic E-state index is -3.41. The maximum absolute atomic E-state index is 12.8. The van der Waals surface area contributed by atoms with Crippen molar-refractivity contribution in [2.75, 3.05) is 13.1 Å². The number of ketones is 1. The smallest absolute Gasteiger partial charge is 0.243 e. The second-order valence-electron chi connectivity index (χ2n) is 8.09. The fraction of sp³-hybridized carbons (Fsp3) is 0.545. The van der Waals surface area contributed by atoms with Crippen molar-refractivity contribution >= 4 is 27.1 Å². The first-order valence-corrected chi connectivity index (χ1v) is 12.9. The Hall–Kier alpha value is -1.57. The molecule has 2 aliphatic rings. The molecular weight excluding hydrogens is 404 g/mol. The van der Waals surface area contributed by atoms with Crippen LogP contribution in [0.15, 0.2) is 34.5 Å².